The molecule has 24 heavy (non-hydrogen) atoms. The zero-order valence-corrected chi connectivity index (χ0v) is 14.7. The summed E-state index contributed by atoms with van der Waals surface area (Å²) >= 11 is 0. The zero-order valence-electron chi connectivity index (χ0n) is 14.7. The summed E-state index contributed by atoms with van der Waals surface area (Å²) in [6.07, 6.45) is 2.69. The van der Waals surface area contributed by atoms with Crippen molar-refractivity contribution in [3.63, 3.8) is 0 Å². The number of benzene rings is 1. The molecule has 0 aliphatic rings. The second-order valence-electron chi connectivity index (χ2n) is 5.72. The molecule has 5 heteroatoms. The second kappa shape index (κ2) is 8.34. The van der Waals surface area contributed by atoms with E-state index in [2.05, 4.69) is 4.99 Å². The number of ether oxygens (including phenoxy) is 2. The average molecular weight is 328 g/mol. The van der Waals surface area contributed by atoms with Crippen LogP contribution in [0.3, 0.4) is 0 Å². The van der Waals surface area contributed by atoms with Crippen LogP contribution < -0.4 is 15.0 Å². The lowest BCUT2D eigenvalue weighted by molar-refractivity contribution is 0.0897. The van der Waals surface area contributed by atoms with Crippen LogP contribution in [0, 0.1) is 0 Å². The molecule has 1 heterocycles. The van der Waals surface area contributed by atoms with E-state index in [1.54, 1.807) is 25.0 Å². The Labute approximate surface area is 142 Å². The fraction of sp³-hybridized carbons (Fsp3) is 0.368. The van der Waals surface area contributed by atoms with Crippen LogP contribution in [-0.2, 0) is 6.42 Å². The molecule has 0 amide bonds. The molecule has 1 aromatic carbocycles. The SMILES string of the molecule is COc1ccc(OC)c(CCC(=O)n2ccccc2=NC(C)C)c1. The van der Waals surface area contributed by atoms with Gasteiger partial charge in [-0.1, -0.05) is 6.07 Å². The van der Waals surface area contributed by atoms with Crippen LogP contribution in [0.15, 0.2) is 47.6 Å². The molecule has 2 aromatic rings. The highest BCUT2D eigenvalue weighted by Gasteiger charge is 2.10. The molecule has 0 N–H and O–H groups in total. The molecule has 1 aromatic heterocycles. The van der Waals surface area contributed by atoms with Crippen molar-refractivity contribution in [2.24, 2.45) is 4.99 Å². The summed E-state index contributed by atoms with van der Waals surface area (Å²) in [5, 5.41) is 0. The first-order chi connectivity index (χ1) is 11.5. The summed E-state index contributed by atoms with van der Waals surface area (Å²) in [5.74, 6) is 1.51. The lowest BCUT2D eigenvalue weighted by Gasteiger charge is -2.11. The fourth-order valence-corrected chi connectivity index (χ4v) is 2.45. The number of carbonyl (C=O) groups excluding carboxylic acids is 1. The lowest BCUT2D eigenvalue weighted by atomic mass is 10.1. The molecule has 0 unspecified atom stereocenters. The molecule has 5 nitrogen and oxygen atoms in total. The van der Waals surface area contributed by atoms with Gasteiger partial charge in [0.1, 0.15) is 17.0 Å². The van der Waals surface area contributed by atoms with E-state index < -0.39 is 0 Å². The topological polar surface area (TPSA) is 52.8 Å². The molecule has 0 saturated carbocycles. The predicted octanol–water partition coefficient (Wildman–Crippen LogP) is 3.09. The third-order valence-electron chi connectivity index (χ3n) is 3.59. The van der Waals surface area contributed by atoms with Gasteiger partial charge >= 0.3 is 0 Å². The molecule has 0 aliphatic heterocycles. The first kappa shape index (κ1) is 17.8. The van der Waals surface area contributed by atoms with Crippen molar-refractivity contribution in [1.29, 1.82) is 0 Å². The quantitative estimate of drug-likeness (QED) is 0.819. The van der Waals surface area contributed by atoms with E-state index in [0.717, 1.165) is 17.1 Å². The van der Waals surface area contributed by atoms with Crippen LogP contribution in [0.2, 0.25) is 0 Å². The van der Waals surface area contributed by atoms with E-state index in [1.807, 2.05) is 50.2 Å². The molecule has 0 radical (unpaired) electrons. The van der Waals surface area contributed by atoms with E-state index in [0.29, 0.717) is 18.3 Å². The van der Waals surface area contributed by atoms with Crippen molar-refractivity contribution >= 4 is 5.91 Å². The summed E-state index contributed by atoms with van der Waals surface area (Å²) in [5.41, 5.74) is 1.62. The van der Waals surface area contributed by atoms with Gasteiger partial charge in [-0.15, -0.1) is 0 Å². The van der Waals surface area contributed by atoms with Gasteiger partial charge < -0.3 is 9.47 Å². The lowest BCUT2D eigenvalue weighted by Crippen LogP contribution is -2.27. The highest BCUT2D eigenvalue weighted by Crippen LogP contribution is 2.25. The first-order valence-electron chi connectivity index (χ1n) is 8.00. The second-order valence-corrected chi connectivity index (χ2v) is 5.72. The van der Waals surface area contributed by atoms with Gasteiger partial charge in [-0.25, -0.2) is 0 Å². The maximum atomic E-state index is 12.6. The zero-order chi connectivity index (χ0) is 17.5. The number of hydrogen-bond acceptors (Lipinski definition) is 4. The summed E-state index contributed by atoms with van der Waals surface area (Å²) in [6, 6.07) is 11.3. The van der Waals surface area contributed by atoms with E-state index in [1.165, 1.54) is 0 Å². The number of aryl methyl sites for hydroxylation is 1. The van der Waals surface area contributed by atoms with Crippen molar-refractivity contribution in [2.45, 2.75) is 32.7 Å². The van der Waals surface area contributed by atoms with Gasteiger partial charge in [-0.3, -0.25) is 14.4 Å². The van der Waals surface area contributed by atoms with E-state index in [-0.39, 0.29) is 11.9 Å². The minimum absolute atomic E-state index is 0.000118. The molecular weight excluding hydrogens is 304 g/mol. The van der Waals surface area contributed by atoms with E-state index in [4.69, 9.17) is 9.47 Å². The molecule has 0 spiro atoms. The molecule has 0 aliphatic carbocycles. The highest BCUT2D eigenvalue weighted by molar-refractivity contribution is 5.79. The van der Waals surface area contributed by atoms with Gasteiger partial charge in [0, 0.05) is 18.7 Å². The third-order valence-corrected chi connectivity index (χ3v) is 3.59. The Morgan fingerprint density at radius 1 is 1.17 bits per heavy atom. The first-order valence-corrected chi connectivity index (χ1v) is 8.00. The van der Waals surface area contributed by atoms with Gasteiger partial charge in [-0.2, -0.15) is 0 Å². The van der Waals surface area contributed by atoms with Crippen LogP contribution >= 0.6 is 0 Å². The van der Waals surface area contributed by atoms with Crippen LogP contribution in [0.4, 0.5) is 0 Å². The molecule has 0 saturated heterocycles. The van der Waals surface area contributed by atoms with Gasteiger partial charge in [-0.05, 0) is 56.2 Å². The van der Waals surface area contributed by atoms with Crippen LogP contribution in [0.5, 0.6) is 11.5 Å². The van der Waals surface area contributed by atoms with Gasteiger partial charge in [0.15, 0.2) is 0 Å². The fourth-order valence-electron chi connectivity index (χ4n) is 2.45. The summed E-state index contributed by atoms with van der Waals surface area (Å²) in [6.45, 7) is 3.98. The standard InChI is InChI=1S/C19H24N2O3/c1-14(2)20-18-7-5-6-12-21(18)19(22)11-8-15-13-16(23-3)9-10-17(15)24-4/h5-7,9-10,12-14H,8,11H2,1-4H3. The van der Waals surface area contributed by atoms with Gasteiger partial charge in [0.2, 0.25) is 5.91 Å². The van der Waals surface area contributed by atoms with Crippen molar-refractivity contribution < 1.29 is 14.3 Å². The van der Waals surface area contributed by atoms with Gasteiger partial charge in [0.05, 0.1) is 14.2 Å². The number of aromatic nitrogens is 1. The Morgan fingerprint density at radius 2 is 1.96 bits per heavy atom. The van der Waals surface area contributed by atoms with Gasteiger partial charge in [0.25, 0.3) is 0 Å². The monoisotopic (exact) mass is 328 g/mol. The minimum Gasteiger partial charge on any atom is -0.497 e. The molecule has 0 atom stereocenters. The molecule has 0 fully saturated rings. The van der Waals surface area contributed by atoms with Crippen LogP contribution in [-0.4, -0.2) is 30.7 Å². The number of rotatable bonds is 6. The normalized spacial score (nSPS) is 11.6. The van der Waals surface area contributed by atoms with Crippen molar-refractivity contribution in [3.8, 4) is 11.5 Å². The maximum Gasteiger partial charge on any atom is 0.232 e. The Bertz CT molecular complexity index is 763. The van der Waals surface area contributed by atoms with Crippen molar-refractivity contribution in [2.75, 3.05) is 14.2 Å². The molecular formula is C19H24N2O3. The number of carbonyl (C=O) groups is 1. The van der Waals surface area contributed by atoms with E-state index >= 15 is 0 Å². The van der Waals surface area contributed by atoms with Crippen LogP contribution in [0.25, 0.3) is 0 Å². The Balaban J connectivity index is 2.20. The van der Waals surface area contributed by atoms with E-state index in [9.17, 15) is 4.79 Å². The molecule has 2 rings (SSSR count). The van der Waals surface area contributed by atoms with Crippen molar-refractivity contribution in [1.82, 2.24) is 4.57 Å². The summed E-state index contributed by atoms with van der Waals surface area (Å²) < 4.78 is 12.2. The molecule has 128 valence electrons. The average Bonchev–Trinajstić information content (AvgIpc) is 2.59. The molecule has 0 bridgehead atoms. The van der Waals surface area contributed by atoms with Crippen LogP contribution in [0.1, 0.15) is 30.6 Å². The largest absolute Gasteiger partial charge is 0.497 e. The number of nitrogens with zero attached hydrogens (tertiary/aromatic N) is 2. The Kier molecular flexibility index (Phi) is 6.18. The Morgan fingerprint density at radius 3 is 2.62 bits per heavy atom. The highest BCUT2D eigenvalue weighted by atomic mass is 16.5. The minimum atomic E-state index is -0.000118. The smallest absolute Gasteiger partial charge is 0.232 e. The number of pyridine rings is 1. The van der Waals surface area contributed by atoms with Crippen molar-refractivity contribution in [3.05, 3.63) is 53.6 Å². The number of methoxy groups -OCH3 is 2. The number of hydrogen-bond donors (Lipinski definition) is 0. The maximum absolute atomic E-state index is 12.6. The predicted molar refractivity (Wildman–Crippen MR) is 93.6 cm³/mol. The third kappa shape index (κ3) is 4.47. The summed E-state index contributed by atoms with van der Waals surface area (Å²) in [7, 11) is 3.24. The summed E-state index contributed by atoms with van der Waals surface area (Å²) in [4.78, 5) is 17.1. The Hall–Kier alpha value is -2.56.